The summed E-state index contributed by atoms with van der Waals surface area (Å²) in [7, 11) is 1.54. The Balaban J connectivity index is 1.54. The van der Waals surface area contributed by atoms with Crippen LogP contribution in [0.15, 0.2) is 88.6 Å². The molecule has 0 aliphatic carbocycles. The number of halogens is 3. The first-order valence-corrected chi connectivity index (χ1v) is 10.6. The van der Waals surface area contributed by atoms with E-state index in [0.29, 0.717) is 28.2 Å². The number of nitrogens with zero attached hydrogens (tertiary/aromatic N) is 5. The summed E-state index contributed by atoms with van der Waals surface area (Å²) < 4.78 is 43.1. The molecule has 0 unspecified atom stereocenters. The van der Waals surface area contributed by atoms with Crippen LogP contribution in [0.5, 0.6) is 0 Å². The lowest BCUT2D eigenvalue weighted by Gasteiger charge is -2.08. The molecule has 5 aromatic rings. The number of alkyl halides is 3. The van der Waals surface area contributed by atoms with E-state index in [1.54, 1.807) is 23.0 Å². The van der Waals surface area contributed by atoms with E-state index in [4.69, 9.17) is 0 Å². The molecule has 0 saturated heterocycles. The Kier molecular flexibility index (Phi) is 5.35. The zero-order chi connectivity index (χ0) is 24.7. The van der Waals surface area contributed by atoms with Crippen LogP contribution in [0.2, 0.25) is 0 Å². The van der Waals surface area contributed by atoms with E-state index in [-0.39, 0.29) is 17.7 Å². The Morgan fingerprint density at radius 1 is 0.857 bits per heavy atom. The summed E-state index contributed by atoms with van der Waals surface area (Å²) >= 11 is 0. The molecule has 3 aromatic heterocycles. The normalized spacial score (nSPS) is 11.8. The molecule has 7 nitrogen and oxygen atoms in total. The third-order valence-corrected chi connectivity index (χ3v) is 5.64. The Hall–Kier alpha value is -4.47. The molecule has 2 aromatic carbocycles. The molecule has 0 aliphatic heterocycles. The van der Waals surface area contributed by atoms with Crippen molar-refractivity contribution in [2.75, 3.05) is 0 Å². The van der Waals surface area contributed by atoms with Gasteiger partial charge in [0.15, 0.2) is 0 Å². The van der Waals surface area contributed by atoms with Crippen LogP contribution in [0.1, 0.15) is 11.3 Å². The predicted molar refractivity (Wildman–Crippen MR) is 124 cm³/mol. The predicted octanol–water partition coefficient (Wildman–Crippen LogP) is 4.02. The van der Waals surface area contributed by atoms with Gasteiger partial charge in [0.1, 0.15) is 5.69 Å². The Labute approximate surface area is 196 Å². The molecule has 0 saturated carbocycles. The summed E-state index contributed by atoms with van der Waals surface area (Å²) in [6.07, 6.45) is -2.81. The summed E-state index contributed by atoms with van der Waals surface area (Å²) in [5.74, 6) is 0. The molecule has 3 heterocycles. The smallest absolute Gasteiger partial charge is 0.309 e. The van der Waals surface area contributed by atoms with Crippen molar-refractivity contribution in [1.82, 2.24) is 24.1 Å². The number of hydrogen-bond donors (Lipinski definition) is 0. The summed E-state index contributed by atoms with van der Waals surface area (Å²) in [4.78, 5) is 24.4. The lowest BCUT2D eigenvalue weighted by Crippen LogP contribution is -2.23. The van der Waals surface area contributed by atoms with Crippen LogP contribution >= 0.6 is 0 Å². The van der Waals surface area contributed by atoms with Gasteiger partial charge < -0.3 is 4.57 Å². The van der Waals surface area contributed by atoms with Crippen LogP contribution < -0.4 is 11.1 Å². The van der Waals surface area contributed by atoms with Crippen molar-refractivity contribution in [2.24, 2.45) is 7.05 Å². The summed E-state index contributed by atoms with van der Waals surface area (Å²) in [6, 6.07) is 18.2. The number of rotatable bonds is 4. The second-order valence-electron chi connectivity index (χ2n) is 7.99. The maximum absolute atomic E-state index is 13.0. The first kappa shape index (κ1) is 22.3. The fourth-order valence-electron chi connectivity index (χ4n) is 3.86. The molecule has 0 bridgehead atoms. The third-order valence-electron chi connectivity index (χ3n) is 5.64. The van der Waals surface area contributed by atoms with Gasteiger partial charge in [0, 0.05) is 36.3 Å². The van der Waals surface area contributed by atoms with E-state index in [0.717, 1.165) is 17.5 Å². The molecule has 35 heavy (non-hydrogen) atoms. The van der Waals surface area contributed by atoms with E-state index in [9.17, 15) is 22.8 Å². The van der Waals surface area contributed by atoms with Gasteiger partial charge in [0.05, 0.1) is 29.0 Å². The van der Waals surface area contributed by atoms with Crippen molar-refractivity contribution >= 4 is 10.9 Å². The minimum absolute atomic E-state index is 0.188. The van der Waals surface area contributed by atoms with E-state index in [1.165, 1.54) is 40.6 Å². The van der Waals surface area contributed by atoms with Crippen LogP contribution in [0.4, 0.5) is 13.2 Å². The fraction of sp³-hybridized carbons (Fsp3) is 0.120. The molecule has 10 heteroatoms. The molecule has 176 valence electrons. The zero-order valence-corrected chi connectivity index (χ0v) is 18.4. The highest BCUT2D eigenvalue weighted by Gasteiger charge is 2.30. The number of aryl methyl sites for hydroxylation is 1. The topological polar surface area (TPSA) is 74.7 Å². The van der Waals surface area contributed by atoms with Gasteiger partial charge >= 0.3 is 6.18 Å². The molecular weight excluding hydrogens is 459 g/mol. The average Bonchev–Trinajstić information content (AvgIpc) is 3.22. The van der Waals surface area contributed by atoms with Gasteiger partial charge in [-0.25, -0.2) is 9.36 Å². The zero-order valence-electron chi connectivity index (χ0n) is 18.4. The number of aromatic nitrogens is 5. The van der Waals surface area contributed by atoms with Gasteiger partial charge in [-0.1, -0.05) is 18.2 Å². The van der Waals surface area contributed by atoms with E-state index < -0.39 is 11.7 Å². The molecule has 5 rings (SSSR count). The SMILES string of the molecule is Cn1nc(Cn2ccc(-c3nn(-c4ccc(C(F)(F)F)cc4)c4ccccc34)cc2=O)ccc1=O. The second-order valence-corrected chi connectivity index (χ2v) is 7.99. The number of pyridine rings is 1. The molecular formula is C25H18F3N5O2. The number of hydrogen-bond acceptors (Lipinski definition) is 4. The van der Waals surface area contributed by atoms with Gasteiger partial charge in [0.25, 0.3) is 11.1 Å². The quantitative estimate of drug-likeness (QED) is 0.392. The first-order chi connectivity index (χ1) is 16.7. The average molecular weight is 477 g/mol. The van der Waals surface area contributed by atoms with Gasteiger partial charge in [-0.3, -0.25) is 9.59 Å². The van der Waals surface area contributed by atoms with Crippen molar-refractivity contribution in [3.8, 4) is 16.9 Å². The second kappa shape index (κ2) is 8.39. The number of benzene rings is 2. The fourth-order valence-corrected chi connectivity index (χ4v) is 3.86. The Bertz CT molecular complexity index is 1660. The monoisotopic (exact) mass is 477 g/mol. The van der Waals surface area contributed by atoms with Crippen molar-refractivity contribution in [3.05, 3.63) is 111 Å². The van der Waals surface area contributed by atoms with Gasteiger partial charge in [0.2, 0.25) is 0 Å². The van der Waals surface area contributed by atoms with Crippen molar-refractivity contribution < 1.29 is 13.2 Å². The molecule has 0 radical (unpaired) electrons. The minimum Gasteiger partial charge on any atom is -0.309 e. The molecule has 0 spiro atoms. The van der Waals surface area contributed by atoms with Crippen molar-refractivity contribution in [1.29, 1.82) is 0 Å². The molecule has 0 fully saturated rings. The van der Waals surface area contributed by atoms with Crippen LogP contribution in [-0.4, -0.2) is 24.1 Å². The van der Waals surface area contributed by atoms with Gasteiger partial charge in [-0.2, -0.15) is 23.4 Å². The maximum atomic E-state index is 13.0. The van der Waals surface area contributed by atoms with E-state index in [2.05, 4.69) is 10.2 Å². The van der Waals surface area contributed by atoms with E-state index in [1.807, 2.05) is 24.3 Å². The van der Waals surface area contributed by atoms with Crippen molar-refractivity contribution in [3.63, 3.8) is 0 Å². The van der Waals surface area contributed by atoms with E-state index >= 15 is 0 Å². The largest absolute Gasteiger partial charge is 0.416 e. The highest BCUT2D eigenvalue weighted by atomic mass is 19.4. The standard InChI is InChI=1S/C25H18F3N5O2/c1-31-22(34)11-8-18(29-31)15-32-13-12-16(14-23(32)35)24-20-4-2-3-5-21(20)33(30-24)19-9-6-17(7-10-19)25(26,27)28/h2-14H,15H2,1H3. The summed E-state index contributed by atoms with van der Waals surface area (Å²) in [6.45, 7) is 0.188. The molecule has 0 N–H and O–H groups in total. The Morgan fingerprint density at radius 2 is 1.60 bits per heavy atom. The van der Waals surface area contributed by atoms with Crippen LogP contribution in [-0.2, 0) is 19.8 Å². The van der Waals surface area contributed by atoms with Crippen molar-refractivity contribution in [2.45, 2.75) is 12.7 Å². The summed E-state index contributed by atoms with van der Waals surface area (Å²) in [5.41, 5.74) is 1.55. The number of para-hydroxylation sites is 1. The highest BCUT2D eigenvalue weighted by molar-refractivity contribution is 5.94. The lowest BCUT2D eigenvalue weighted by atomic mass is 10.1. The van der Waals surface area contributed by atoms with Gasteiger partial charge in [-0.05, 0) is 42.5 Å². The highest BCUT2D eigenvalue weighted by Crippen LogP contribution is 2.32. The first-order valence-electron chi connectivity index (χ1n) is 10.6. The summed E-state index contributed by atoms with van der Waals surface area (Å²) in [5, 5.41) is 9.54. The molecule has 0 atom stereocenters. The molecule has 0 amide bonds. The number of fused-ring (bicyclic) bond motifs is 1. The maximum Gasteiger partial charge on any atom is 0.416 e. The van der Waals surface area contributed by atoms with Crippen LogP contribution in [0, 0.1) is 0 Å². The lowest BCUT2D eigenvalue weighted by molar-refractivity contribution is -0.137. The third kappa shape index (κ3) is 4.25. The van der Waals surface area contributed by atoms with Gasteiger partial charge in [-0.15, -0.1) is 0 Å². The van der Waals surface area contributed by atoms with Crippen LogP contribution in [0.25, 0.3) is 27.8 Å². The Morgan fingerprint density at radius 3 is 2.29 bits per heavy atom. The minimum atomic E-state index is -4.43. The molecule has 0 aliphatic rings. The van der Waals surface area contributed by atoms with Crippen LogP contribution in [0.3, 0.4) is 0 Å².